The molecule has 0 heterocycles. The normalized spacial score (nSPS) is 13.3. The largest absolute Gasteiger partial charge is 0.0958 e. The minimum absolute atomic E-state index is 0.618. The van der Waals surface area contributed by atoms with E-state index in [1.165, 1.54) is 16.7 Å². The SMILES string of the molecule is C=C(C)C(=C(C)CC)C(C)C. The average molecular weight is 152 g/mol. The van der Waals surface area contributed by atoms with Crippen LogP contribution in [0.15, 0.2) is 23.3 Å². The van der Waals surface area contributed by atoms with E-state index in [0.29, 0.717) is 5.92 Å². The van der Waals surface area contributed by atoms with Gasteiger partial charge in [0.25, 0.3) is 0 Å². The second-order valence-electron chi connectivity index (χ2n) is 3.48. The third-order valence-electron chi connectivity index (χ3n) is 2.03. The summed E-state index contributed by atoms with van der Waals surface area (Å²) in [6.45, 7) is 14.9. The van der Waals surface area contributed by atoms with Crippen LogP contribution in [0.2, 0.25) is 0 Å². The molecule has 0 saturated heterocycles. The molecule has 0 aromatic rings. The Balaban J connectivity index is 4.73. The number of rotatable bonds is 3. The predicted octanol–water partition coefficient (Wildman–Crippen LogP) is 3.95. The molecular formula is C11H20. The van der Waals surface area contributed by atoms with Crippen molar-refractivity contribution in [1.29, 1.82) is 0 Å². The van der Waals surface area contributed by atoms with E-state index in [1.807, 2.05) is 0 Å². The first-order valence-corrected chi connectivity index (χ1v) is 4.36. The van der Waals surface area contributed by atoms with Gasteiger partial charge in [0.1, 0.15) is 0 Å². The molecule has 0 rings (SSSR count). The summed E-state index contributed by atoms with van der Waals surface area (Å²) in [6, 6.07) is 0. The fourth-order valence-corrected chi connectivity index (χ4v) is 1.54. The third-order valence-corrected chi connectivity index (χ3v) is 2.03. The first-order chi connectivity index (χ1) is 5.00. The van der Waals surface area contributed by atoms with E-state index in [4.69, 9.17) is 0 Å². The van der Waals surface area contributed by atoms with Gasteiger partial charge in [-0.05, 0) is 31.8 Å². The molecule has 0 heteroatoms. The van der Waals surface area contributed by atoms with Crippen LogP contribution in [0.5, 0.6) is 0 Å². The highest BCUT2D eigenvalue weighted by molar-refractivity contribution is 5.32. The Morgan fingerprint density at radius 1 is 1.27 bits per heavy atom. The molecule has 0 N–H and O–H groups in total. The summed E-state index contributed by atoms with van der Waals surface area (Å²) in [6.07, 6.45) is 1.14. The van der Waals surface area contributed by atoms with Gasteiger partial charge in [0.2, 0.25) is 0 Å². The first-order valence-electron chi connectivity index (χ1n) is 4.36. The Hall–Kier alpha value is -0.520. The maximum absolute atomic E-state index is 3.99. The average Bonchev–Trinajstić information content (AvgIpc) is 1.85. The van der Waals surface area contributed by atoms with E-state index in [9.17, 15) is 0 Å². The van der Waals surface area contributed by atoms with E-state index >= 15 is 0 Å². The maximum atomic E-state index is 3.99. The van der Waals surface area contributed by atoms with Crippen LogP contribution in [0.25, 0.3) is 0 Å². The summed E-state index contributed by atoms with van der Waals surface area (Å²) < 4.78 is 0. The molecule has 64 valence electrons. The van der Waals surface area contributed by atoms with Crippen LogP contribution in [0.4, 0.5) is 0 Å². The molecule has 0 unspecified atom stereocenters. The van der Waals surface area contributed by atoms with Gasteiger partial charge in [0.15, 0.2) is 0 Å². The van der Waals surface area contributed by atoms with E-state index in [1.54, 1.807) is 0 Å². The van der Waals surface area contributed by atoms with Gasteiger partial charge in [-0.1, -0.05) is 38.5 Å². The van der Waals surface area contributed by atoms with Crippen LogP contribution in [-0.4, -0.2) is 0 Å². The zero-order valence-corrected chi connectivity index (χ0v) is 8.49. The molecule has 0 spiro atoms. The standard InChI is InChI=1S/C11H20/c1-7-10(6)11(8(2)3)9(4)5/h9H,2,7H2,1,3-6H3. The third kappa shape index (κ3) is 2.92. The van der Waals surface area contributed by atoms with E-state index in [2.05, 4.69) is 41.2 Å². The summed E-state index contributed by atoms with van der Waals surface area (Å²) in [5.74, 6) is 0.618. The topological polar surface area (TPSA) is 0 Å². The second kappa shape index (κ2) is 4.38. The van der Waals surface area contributed by atoms with Crippen LogP contribution < -0.4 is 0 Å². The van der Waals surface area contributed by atoms with Crippen molar-refractivity contribution in [3.8, 4) is 0 Å². The lowest BCUT2D eigenvalue weighted by atomic mass is 9.92. The summed E-state index contributed by atoms with van der Waals surface area (Å²) in [7, 11) is 0. The lowest BCUT2D eigenvalue weighted by Gasteiger charge is -2.14. The zero-order chi connectivity index (χ0) is 9.02. The molecule has 11 heavy (non-hydrogen) atoms. The van der Waals surface area contributed by atoms with Crippen molar-refractivity contribution in [2.45, 2.75) is 41.0 Å². The van der Waals surface area contributed by atoms with E-state index in [0.717, 1.165) is 6.42 Å². The molecule has 0 radical (unpaired) electrons. The van der Waals surface area contributed by atoms with Gasteiger partial charge in [0.05, 0.1) is 0 Å². The molecule has 0 saturated carbocycles. The quantitative estimate of drug-likeness (QED) is 0.537. The highest BCUT2D eigenvalue weighted by Gasteiger charge is 2.06. The molecule has 0 aliphatic carbocycles. The molecule has 0 amide bonds. The summed E-state index contributed by atoms with van der Waals surface area (Å²) >= 11 is 0. The van der Waals surface area contributed by atoms with Gasteiger partial charge in [-0.25, -0.2) is 0 Å². The molecule has 0 aromatic carbocycles. The predicted molar refractivity (Wildman–Crippen MR) is 52.6 cm³/mol. The summed E-state index contributed by atoms with van der Waals surface area (Å²) in [4.78, 5) is 0. The summed E-state index contributed by atoms with van der Waals surface area (Å²) in [5, 5.41) is 0. The van der Waals surface area contributed by atoms with Crippen molar-refractivity contribution in [3.05, 3.63) is 23.3 Å². The zero-order valence-electron chi connectivity index (χ0n) is 8.49. The van der Waals surface area contributed by atoms with E-state index in [-0.39, 0.29) is 0 Å². The van der Waals surface area contributed by atoms with Gasteiger partial charge in [0, 0.05) is 0 Å². The Kier molecular flexibility index (Phi) is 4.17. The minimum atomic E-state index is 0.618. The highest BCUT2D eigenvalue weighted by Crippen LogP contribution is 2.23. The molecule has 0 bridgehead atoms. The van der Waals surface area contributed by atoms with Crippen LogP contribution in [0.3, 0.4) is 0 Å². The Morgan fingerprint density at radius 3 is 1.82 bits per heavy atom. The van der Waals surface area contributed by atoms with Crippen LogP contribution in [0, 0.1) is 5.92 Å². The van der Waals surface area contributed by atoms with Crippen molar-refractivity contribution in [3.63, 3.8) is 0 Å². The van der Waals surface area contributed by atoms with Gasteiger partial charge >= 0.3 is 0 Å². The molecular weight excluding hydrogens is 132 g/mol. The van der Waals surface area contributed by atoms with Gasteiger partial charge < -0.3 is 0 Å². The lowest BCUT2D eigenvalue weighted by molar-refractivity contribution is 0.758. The minimum Gasteiger partial charge on any atom is -0.0958 e. The monoisotopic (exact) mass is 152 g/mol. The van der Waals surface area contributed by atoms with Crippen molar-refractivity contribution in [2.75, 3.05) is 0 Å². The van der Waals surface area contributed by atoms with Crippen molar-refractivity contribution >= 4 is 0 Å². The molecule has 0 aromatic heterocycles. The number of hydrogen-bond donors (Lipinski definition) is 0. The number of hydrogen-bond acceptors (Lipinski definition) is 0. The van der Waals surface area contributed by atoms with Gasteiger partial charge in [-0.3, -0.25) is 0 Å². The Morgan fingerprint density at radius 2 is 1.73 bits per heavy atom. The highest BCUT2D eigenvalue weighted by atomic mass is 14.1. The van der Waals surface area contributed by atoms with Crippen LogP contribution in [-0.2, 0) is 0 Å². The van der Waals surface area contributed by atoms with Crippen molar-refractivity contribution in [1.82, 2.24) is 0 Å². The fraction of sp³-hybridized carbons (Fsp3) is 0.636. The Labute approximate surface area is 71.0 Å². The number of allylic oxidation sites excluding steroid dienone is 3. The molecule has 0 nitrogen and oxygen atoms in total. The molecule has 0 atom stereocenters. The second-order valence-corrected chi connectivity index (χ2v) is 3.48. The fourth-order valence-electron chi connectivity index (χ4n) is 1.54. The maximum Gasteiger partial charge on any atom is -0.0217 e. The molecule has 0 aliphatic heterocycles. The summed E-state index contributed by atoms with van der Waals surface area (Å²) in [5.41, 5.74) is 4.15. The van der Waals surface area contributed by atoms with Gasteiger partial charge in [-0.15, -0.1) is 0 Å². The van der Waals surface area contributed by atoms with Gasteiger partial charge in [-0.2, -0.15) is 0 Å². The molecule has 0 aliphatic rings. The van der Waals surface area contributed by atoms with Crippen LogP contribution >= 0.6 is 0 Å². The smallest absolute Gasteiger partial charge is 0.0217 e. The lowest BCUT2D eigenvalue weighted by Crippen LogP contribution is -1.98. The Bertz CT molecular complexity index is 170. The first kappa shape index (κ1) is 10.5. The van der Waals surface area contributed by atoms with Crippen LogP contribution in [0.1, 0.15) is 41.0 Å². The molecule has 0 fully saturated rings. The van der Waals surface area contributed by atoms with Crippen molar-refractivity contribution < 1.29 is 0 Å². The van der Waals surface area contributed by atoms with Crippen molar-refractivity contribution in [2.24, 2.45) is 5.92 Å². The van der Waals surface area contributed by atoms with E-state index < -0.39 is 0 Å².